The summed E-state index contributed by atoms with van der Waals surface area (Å²) in [5.74, 6) is -0.130. The van der Waals surface area contributed by atoms with Crippen molar-refractivity contribution in [3.05, 3.63) is 22.1 Å². The standard InChI is InChI=1S/C10H18N3O14P3/c1-13-2-4(9(16)12-10(13)11)8-7(15)6(14)5(25-8)3-24-29(20,21)27-30(22,23)26-28(17,18)19/h2,5-8,14-15,20-21H,3H2,1H3,(H4-,11,12,16,17,18,19,22,23)/p+1/t5-,6?,7+,8+/m1/s1. The van der Waals surface area contributed by atoms with Gasteiger partial charge in [0, 0.05) is 13.2 Å². The normalized spacial score (nSPS) is 27.2. The predicted octanol–water partition coefficient (Wildman–Crippen LogP) is -2.57. The average Bonchev–Trinajstić information content (AvgIpc) is 2.81. The minimum absolute atomic E-state index is 0.130. The van der Waals surface area contributed by atoms with Crippen LogP contribution in [0.25, 0.3) is 0 Å². The Morgan fingerprint density at radius 3 is 2.43 bits per heavy atom. The predicted molar refractivity (Wildman–Crippen MR) is 94.9 cm³/mol. The molecule has 2 rings (SSSR count). The lowest BCUT2D eigenvalue weighted by molar-refractivity contribution is -0.0261. The number of aliphatic hydroxyl groups is 2. The summed E-state index contributed by atoms with van der Waals surface area (Å²) in [6.07, 6.45) is -5.09. The molecule has 0 radical (unpaired) electrons. The van der Waals surface area contributed by atoms with E-state index in [0.717, 1.165) is 0 Å². The van der Waals surface area contributed by atoms with Crippen LogP contribution in [0.5, 0.6) is 0 Å². The molecule has 0 spiro atoms. The Labute approximate surface area is 167 Å². The average molecular weight is 498 g/mol. The van der Waals surface area contributed by atoms with Gasteiger partial charge >= 0.3 is 23.8 Å². The van der Waals surface area contributed by atoms with Gasteiger partial charge in [0.1, 0.15) is 31.0 Å². The highest BCUT2D eigenvalue weighted by Gasteiger charge is 2.54. The molecule has 0 bridgehead atoms. The number of phosphoric acid groups is 2. The molecule has 5 atom stereocenters. The van der Waals surface area contributed by atoms with Crippen LogP contribution in [0, 0.1) is 0 Å². The summed E-state index contributed by atoms with van der Waals surface area (Å²) < 4.78 is 40.1. The zero-order valence-electron chi connectivity index (χ0n) is 14.9. The van der Waals surface area contributed by atoms with Crippen LogP contribution in [-0.2, 0) is 34.1 Å². The molecule has 1 aromatic rings. The highest BCUT2D eigenvalue weighted by molar-refractivity contribution is 7.68. The molecule has 1 aliphatic heterocycles. The van der Waals surface area contributed by atoms with E-state index in [-0.39, 0.29) is 11.5 Å². The molecule has 17 nitrogen and oxygen atoms in total. The van der Waals surface area contributed by atoms with Gasteiger partial charge in [0.05, 0.1) is 5.56 Å². The molecule has 0 saturated carbocycles. The van der Waals surface area contributed by atoms with Crippen LogP contribution in [0.3, 0.4) is 0 Å². The number of hydrogen-bond acceptors (Lipinski definition) is 13. The summed E-state index contributed by atoms with van der Waals surface area (Å²) in [4.78, 5) is 60.6. The van der Waals surface area contributed by atoms with E-state index in [9.17, 15) is 33.9 Å². The zero-order valence-corrected chi connectivity index (χ0v) is 17.6. The minimum Gasteiger partial charge on any atom is -0.387 e. The maximum atomic E-state index is 12.0. The molecule has 0 aromatic carbocycles. The van der Waals surface area contributed by atoms with Crippen molar-refractivity contribution >= 4 is 29.8 Å². The molecule has 9 N–H and O–H groups in total. The van der Waals surface area contributed by atoms with Crippen LogP contribution in [0.4, 0.5) is 5.95 Å². The molecule has 2 unspecified atom stereocenters. The van der Waals surface area contributed by atoms with Gasteiger partial charge in [-0.05, 0) is 4.31 Å². The quantitative estimate of drug-likeness (QED) is 0.171. The van der Waals surface area contributed by atoms with Crippen LogP contribution in [0.2, 0.25) is 0 Å². The molecular formula is C10H19N3O14P3+. The topological polar surface area (TPSA) is 274 Å². The van der Waals surface area contributed by atoms with Gasteiger partial charge in [0.2, 0.25) is 5.95 Å². The number of aromatic nitrogens is 2. The van der Waals surface area contributed by atoms with Crippen LogP contribution < -0.4 is 11.3 Å². The maximum Gasteiger partial charge on any atom is 0.580 e. The fraction of sp³-hybridized carbons (Fsp3) is 0.600. The number of rotatable bonds is 8. The molecular weight excluding hydrogens is 479 g/mol. The molecule has 1 aromatic heterocycles. The van der Waals surface area contributed by atoms with Crippen LogP contribution in [0.15, 0.2) is 11.0 Å². The minimum atomic E-state index is -5.66. The number of nitrogen functional groups attached to an aromatic ring is 1. The second-order valence-electron chi connectivity index (χ2n) is 5.96. The number of nitrogens with two attached hydrogens (primary N) is 1. The van der Waals surface area contributed by atoms with Gasteiger partial charge < -0.3 is 35.0 Å². The Morgan fingerprint density at radius 1 is 1.27 bits per heavy atom. The lowest BCUT2D eigenvalue weighted by atomic mass is 10.0. The van der Waals surface area contributed by atoms with Crippen molar-refractivity contribution in [3.63, 3.8) is 0 Å². The number of ether oxygens (including phenoxy) is 1. The summed E-state index contributed by atoms with van der Waals surface area (Å²) in [5, 5.41) is 20.2. The summed E-state index contributed by atoms with van der Waals surface area (Å²) in [6.45, 7) is -0.950. The van der Waals surface area contributed by atoms with E-state index < -0.39 is 60.4 Å². The van der Waals surface area contributed by atoms with Crippen LogP contribution in [0.1, 0.15) is 11.7 Å². The first-order valence-electron chi connectivity index (χ1n) is 7.66. The molecule has 1 aliphatic rings. The van der Waals surface area contributed by atoms with E-state index in [1.807, 2.05) is 0 Å². The highest BCUT2D eigenvalue weighted by atomic mass is 31.3. The van der Waals surface area contributed by atoms with Crippen molar-refractivity contribution in [1.82, 2.24) is 9.55 Å². The third kappa shape index (κ3) is 6.56. The molecule has 0 amide bonds. The Balaban J connectivity index is 2.07. The van der Waals surface area contributed by atoms with E-state index in [0.29, 0.717) is 0 Å². The first kappa shape index (κ1) is 25.4. The van der Waals surface area contributed by atoms with Crippen molar-refractivity contribution in [2.24, 2.45) is 7.05 Å². The molecule has 1 fully saturated rings. The second-order valence-corrected chi connectivity index (χ2v) is 10.4. The van der Waals surface area contributed by atoms with Crippen molar-refractivity contribution in [2.75, 3.05) is 12.3 Å². The monoisotopic (exact) mass is 498 g/mol. The van der Waals surface area contributed by atoms with Gasteiger partial charge in [-0.1, -0.05) is 0 Å². The maximum absolute atomic E-state index is 12.0. The van der Waals surface area contributed by atoms with Crippen molar-refractivity contribution in [3.8, 4) is 0 Å². The Kier molecular flexibility index (Phi) is 7.56. The smallest absolute Gasteiger partial charge is 0.387 e. The lowest BCUT2D eigenvalue weighted by Crippen LogP contribution is -2.34. The van der Waals surface area contributed by atoms with Crippen molar-refractivity contribution in [2.45, 2.75) is 24.4 Å². The third-order valence-corrected chi connectivity index (χ3v) is 7.49. The number of anilines is 1. The van der Waals surface area contributed by atoms with Gasteiger partial charge in [0.25, 0.3) is 5.56 Å². The number of aryl methyl sites for hydroxylation is 1. The van der Waals surface area contributed by atoms with Gasteiger partial charge in [-0.15, -0.1) is 0 Å². The molecule has 0 aliphatic carbocycles. The summed E-state index contributed by atoms with van der Waals surface area (Å²) in [5.41, 5.74) is 4.44. The van der Waals surface area contributed by atoms with Crippen molar-refractivity contribution < 1.29 is 61.7 Å². The van der Waals surface area contributed by atoms with Gasteiger partial charge in [-0.3, -0.25) is 9.69 Å². The Morgan fingerprint density at radius 2 is 1.87 bits per heavy atom. The highest BCUT2D eigenvalue weighted by Crippen LogP contribution is 2.69. The zero-order chi connectivity index (χ0) is 23.1. The first-order chi connectivity index (χ1) is 13.5. The SMILES string of the molecule is Cn1cc([C@@H]2O[C@H](CO[P+](O)(O)OP(=O)(O)OP(=O)(O)O)C(O)[C@@H]2O)c(=O)nc1N. The number of hydrogen-bond donors (Lipinski definition) is 8. The van der Waals surface area contributed by atoms with Crippen LogP contribution >= 0.6 is 23.8 Å². The number of nitrogens with zero attached hydrogens (tertiary/aromatic N) is 2. The van der Waals surface area contributed by atoms with E-state index in [2.05, 4.69) is 18.1 Å². The summed E-state index contributed by atoms with van der Waals surface area (Å²) in [6, 6.07) is 0. The van der Waals surface area contributed by atoms with E-state index in [1.165, 1.54) is 17.8 Å². The van der Waals surface area contributed by atoms with E-state index in [4.69, 9.17) is 25.2 Å². The van der Waals surface area contributed by atoms with Gasteiger partial charge in [0.15, 0.2) is 0 Å². The molecule has 30 heavy (non-hydrogen) atoms. The third-order valence-electron chi connectivity index (χ3n) is 3.65. The summed E-state index contributed by atoms with van der Waals surface area (Å²) >= 11 is 0. The second kappa shape index (κ2) is 8.94. The number of aliphatic hydroxyl groups excluding tert-OH is 2. The first-order valence-corrected chi connectivity index (χ1v) is 12.2. The summed E-state index contributed by atoms with van der Waals surface area (Å²) in [7, 11) is -14.9. The largest absolute Gasteiger partial charge is 0.580 e. The molecule has 20 heteroatoms. The van der Waals surface area contributed by atoms with Gasteiger partial charge in [-0.2, -0.15) is 23.6 Å². The van der Waals surface area contributed by atoms with Gasteiger partial charge in [-0.25, -0.2) is 9.13 Å². The van der Waals surface area contributed by atoms with Crippen molar-refractivity contribution in [1.29, 1.82) is 0 Å². The fourth-order valence-electron chi connectivity index (χ4n) is 2.39. The fourth-order valence-corrected chi connectivity index (χ4v) is 5.46. The Hall–Kier alpha value is -0.870. The molecule has 2 heterocycles. The molecule has 1 saturated heterocycles. The van der Waals surface area contributed by atoms with E-state index in [1.54, 1.807) is 0 Å². The Bertz CT molecular complexity index is 932. The van der Waals surface area contributed by atoms with E-state index >= 15 is 0 Å². The van der Waals surface area contributed by atoms with Crippen LogP contribution in [-0.4, -0.2) is 69.1 Å². The lowest BCUT2D eigenvalue weighted by Gasteiger charge is -2.16. The molecule has 172 valence electrons.